The van der Waals surface area contributed by atoms with E-state index in [1.54, 1.807) is 0 Å². The summed E-state index contributed by atoms with van der Waals surface area (Å²) in [6.07, 6.45) is 2.17. The van der Waals surface area contributed by atoms with Gasteiger partial charge in [-0.3, -0.25) is 4.79 Å². The van der Waals surface area contributed by atoms with Gasteiger partial charge in [0, 0.05) is 19.0 Å². The number of hydrogen-bond acceptors (Lipinski definition) is 4. The van der Waals surface area contributed by atoms with Crippen molar-refractivity contribution in [3.8, 4) is 5.75 Å². The van der Waals surface area contributed by atoms with Gasteiger partial charge in [-0.05, 0) is 56.0 Å². The maximum atomic E-state index is 12.5. The van der Waals surface area contributed by atoms with E-state index in [1.165, 1.54) is 0 Å². The van der Waals surface area contributed by atoms with E-state index in [4.69, 9.17) is 9.15 Å². The molecule has 4 rings (SSSR count). The van der Waals surface area contributed by atoms with Crippen LogP contribution in [0.25, 0.3) is 11.1 Å². The lowest BCUT2D eigenvalue weighted by Gasteiger charge is -2.30. The van der Waals surface area contributed by atoms with E-state index in [2.05, 4.69) is 11.1 Å². The molecule has 1 amide bonds. The quantitative estimate of drug-likeness (QED) is 0.650. The monoisotopic (exact) mass is 378 g/mol. The molecule has 0 unspecified atom stereocenters. The van der Waals surface area contributed by atoms with Gasteiger partial charge < -0.3 is 14.1 Å². The minimum absolute atomic E-state index is 0.154. The highest BCUT2D eigenvalue weighted by Crippen LogP contribution is 2.30. The average molecular weight is 378 g/mol. The van der Waals surface area contributed by atoms with Crippen LogP contribution in [0, 0.1) is 13.8 Å². The van der Waals surface area contributed by atoms with Crippen LogP contribution in [0.2, 0.25) is 0 Å². The summed E-state index contributed by atoms with van der Waals surface area (Å²) >= 11 is 0. The van der Waals surface area contributed by atoms with Gasteiger partial charge in [0.25, 0.3) is 0 Å². The van der Waals surface area contributed by atoms with Crippen molar-refractivity contribution in [2.45, 2.75) is 39.0 Å². The summed E-state index contributed by atoms with van der Waals surface area (Å²) in [6.45, 7) is 5.96. The van der Waals surface area contributed by atoms with Gasteiger partial charge in [0.15, 0.2) is 11.5 Å². The van der Waals surface area contributed by atoms with Gasteiger partial charge in [-0.2, -0.15) is 0 Å². The van der Waals surface area contributed by atoms with E-state index in [1.807, 2.05) is 55.1 Å². The normalized spacial score (nSPS) is 15.1. The Morgan fingerprint density at radius 2 is 1.96 bits per heavy atom. The van der Waals surface area contributed by atoms with Crippen molar-refractivity contribution < 1.29 is 13.9 Å². The third-order valence-corrected chi connectivity index (χ3v) is 5.42. The molecule has 2 heterocycles. The van der Waals surface area contributed by atoms with Crippen LogP contribution in [-0.4, -0.2) is 35.5 Å². The van der Waals surface area contributed by atoms with E-state index < -0.39 is 0 Å². The molecule has 0 N–H and O–H groups in total. The predicted octanol–water partition coefficient (Wildman–Crippen LogP) is 4.62. The summed E-state index contributed by atoms with van der Waals surface area (Å²) in [6, 6.07) is 14.0. The van der Waals surface area contributed by atoms with Crippen molar-refractivity contribution in [3.05, 3.63) is 59.5 Å². The molecule has 1 fully saturated rings. The molecule has 146 valence electrons. The molecule has 3 aromatic rings. The van der Waals surface area contributed by atoms with Crippen LogP contribution in [0.1, 0.15) is 42.2 Å². The highest BCUT2D eigenvalue weighted by atomic mass is 16.5. The Balaban J connectivity index is 1.27. The number of amides is 1. The summed E-state index contributed by atoms with van der Waals surface area (Å²) in [4.78, 5) is 19.1. The molecular formula is C23H26N2O3. The van der Waals surface area contributed by atoms with Crippen molar-refractivity contribution in [3.63, 3.8) is 0 Å². The number of nitrogens with zero attached hydrogens (tertiary/aromatic N) is 2. The second kappa shape index (κ2) is 8.05. The molecule has 0 aliphatic carbocycles. The SMILES string of the molecule is Cc1ccc(C)c(OCCC(=O)N2CCC(c3nc4ccccc4o3)CC2)c1. The van der Waals surface area contributed by atoms with Gasteiger partial charge in [-0.25, -0.2) is 4.98 Å². The fourth-order valence-corrected chi connectivity index (χ4v) is 3.71. The predicted molar refractivity (Wildman–Crippen MR) is 109 cm³/mol. The van der Waals surface area contributed by atoms with Crippen LogP contribution in [0.5, 0.6) is 5.75 Å². The lowest BCUT2D eigenvalue weighted by atomic mass is 9.96. The van der Waals surface area contributed by atoms with Crippen LogP contribution < -0.4 is 4.74 Å². The first-order valence-corrected chi connectivity index (χ1v) is 9.93. The maximum absolute atomic E-state index is 12.5. The van der Waals surface area contributed by atoms with Crippen LogP contribution in [-0.2, 0) is 4.79 Å². The zero-order valence-corrected chi connectivity index (χ0v) is 16.5. The Bertz CT molecular complexity index is 938. The van der Waals surface area contributed by atoms with Gasteiger partial charge >= 0.3 is 0 Å². The number of fused-ring (bicyclic) bond motifs is 1. The van der Waals surface area contributed by atoms with Gasteiger partial charge in [0.1, 0.15) is 11.3 Å². The van der Waals surface area contributed by atoms with Crippen molar-refractivity contribution in [2.24, 2.45) is 0 Å². The molecule has 28 heavy (non-hydrogen) atoms. The number of rotatable bonds is 5. The molecular weight excluding hydrogens is 352 g/mol. The van der Waals surface area contributed by atoms with Crippen LogP contribution >= 0.6 is 0 Å². The molecule has 1 saturated heterocycles. The summed E-state index contributed by atoms with van der Waals surface area (Å²) in [7, 11) is 0. The minimum Gasteiger partial charge on any atom is -0.493 e. The lowest BCUT2D eigenvalue weighted by molar-refractivity contribution is -0.132. The molecule has 1 aromatic heterocycles. The number of hydrogen-bond donors (Lipinski definition) is 0. The topological polar surface area (TPSA) is 55.6 Å². The molecule has 5 nitrogen and oxygen atoms in total. The third kappa shape index (κ3) is 4.03. The Kier molecular flexibility index (Phi) is 5.33. The second-order valence-electron chi connectivity index (χ2n) is 7.54. The maximum Gasteiger partial charge on any atom is 0.225 e. The first-order valence-electron chi connectivity index (χ1n) is 9.93. The Morgan fingerprint density at radius 3 is 2.75 bits per heavy atom. The standard InChI is InChI=1S/C23H26N2O3/c1-16-7-8-17(2)21(15-16)27-14-11-22(26)25-12-9-18(10-13-25)23-24-19-5-3-4-6-20(19)28-23/h3-8,15,18H,9-14H2,1-2H3. The van der Waals surface area contributed by atoms with E-state index in [-0.39, 0.29) is 11.8 Å². The molecule has 5 heteroatoms. The second-order valence-corrected chi connectivity index (χ2v) is 7.54. The molecule has 0 bridgehead atoms. The number of likely N-dealkylation sites (tertiary alicyclic amines) is 1. The van der Waals surface area contributed by atoms with E-state index in [9.17, 15) is 4.79 Å². The number of oxazole rings is 1. The highest BCUT2D eigenvalue weighted by molar-refractivity contribution is 5.76. The van der Waals surface area contributed by atoms with Crippen molar-refractivity contribution in [1.29, 1.82) is 0 Å². The Morgan fingerprint density at radius 1 is 1.18 bits per heavy atom. The van der Waals surface area contributed by atoms with Gasteiger partial charge in [-0.15, -0.1) is 0 Å². The Labute approximate surface area is 165 Å². The van der Waals surface area contributed by atoms with Crippen LogP contribution in [0.15, 0.2) is 46.9 Å². The van der Waals surface area contributed by atoms with Crippen LogP contribution in [0.3, 0.4) is 0 Å². The number of ether oxygens (including phenoxy) is 1. The Hall–Kier alpha value is -2.82. The molecule has 0 radical (unpaired) electrons. The smallest absolute Gasteiger partial charge is 0.225 e. The number of carbonyl (C=O) groups excluding carboxylic acids is 1. The fraction of sp³-hybridized carbons (Fsp3) is 0.391. The average Bonchev–Trinajstić information content (AvgIpc) is 3.15. The zero-order valence-electron chi connectivity index (χ0n) is 16.5. The molecule has 0 atom stereocenters. The van der Waals surface area contributed by atoms with Crippen molar-refractivity contribution in [2.75, 3.05) is 19.7 Å². The largest absolute Gasteiger partial charge is 0.493 e. The highest BCUT2D eigenvalue weighted by Gasteiger charge is 2.26. The molecule has 0 saturated carbocycles. The van der Waals surface area contributed by atoms with Crippen molar-refractivity contribution in [1.82, 2.24) is 9.88 Å². The van der Waals surface area contributed by atoms with Crippen molar-refractivity contribution >= 4 is 17.0 Å². The van der Waals surface area contributed by atoms with Gasteiger partial charge in [0.05, 0.1) is 13.0 Å². The number of para-hydroxylation sites is 2. The molecule has 0 spiro atoms. The van der Waals surface area contributed by atoms with Gasteiger partial charge in [0.2, 0.25) is 5.91 Å². The minimum atomic E-state index is 0.154. The lowest BCUT2D eigenvalue weighted by Crippen LogP contribution is -2.38. The summed E-state index contributed by atoms with van der Waals surface area (Å²) in [5, 5.41) is 0. The molecule has 2 aromatic carbocycles. The third-order valence-electron chi connectivity index (χ3n) is 5.42. The first kappa shape index (κ1) is 18.5. The van der Waals surface area contributed by atoms with E-state index in [0.29, 0.717) is 13.0 Å². The van der Waals surface area contributed by atoms with Gasteiger partial charge in [-0.1, -0.05) is 24.3 Å². The molecule has 1 aliphatic rings. The van der Waals surface area contributed by atoms with Crippen LogP contribution in [0.4, 0.5) is 0 Å². The molecule has 1 aliphatic heterocycles. The summed E-state index contributed by atoms with van der Waals surface area (Å²) in [5.41, 5.74) is 3.99. The summed E-state index contributed by atoms with van der Waals surface area (Å²) < 4.78 is 11.7. The number of benzene rings is 2. The number of aromatic nitrogens is 1. The summed E-state index contributed by atoms with van der Waals surface area (Å²) in [5.74, 6) is 2.10. The zero-order chi connectivity index (χ0) is 19.5. The number of aryl methyl sites for hydroxylation is 2. The van der Waals surface area contributed by atoms with E-state index in [0.717, 1.165) is 59.8 Å². The first-order chi connectivity index (χ1) is 13.6. The number of carbonyl (C=O) groups is 1. The number of piperidine rings is 1. The van der Waals surface area contributed by atoms with E-state index >= 15 is 0 Å². The fourth-order valence-electron chi connectivity index (χ4n) is 3.71.